The molecule has 9 heteroatoms. The van der Waals surface area contributed by atoms with E-state index in [2.05, 4.69) is 20.9 Å². The molecule has 0 radical (unpaired) electrons. The van der Waals surface area contributed by atoms with Crippen molar-refractivity contribution >= 4 is 37.6 Å². The molecule has 1 aromatic carbocycles. The van der Waals surface area contributed by atoms with Crippen molar-refractivity contribution in [3.63, 3.8) is 0 Å². The van der Waals surface area contributed by atoms with E-state index in [0.29, 0.717) is 4.47 Å². The summed E-state index contributed by atoms with van der Waals surface area (Å²) in [5, 5.41) is 8.84. The molecular weight excluding hydrogens is 367 g/mol. The number of benzene rings is 1. The minimum absolute atomic E-state index is 0.183. The van der Waals surface area contributed by atoms with Crippen LogP contribution in [0.5, 0.6) is 0 Å². The maximum absolute atomic E-state index is 13.6. The number of nitrogens with one attached hydrogen (secondary N) is 1. The average Bonchev–Trinajstić information content (AvgIpc) is 2.41. The molecule has 0 aliphatic rings. The van der Waals surface area contributed by atoms with Crippen LogP contribution in [0, 0.1) is 5.82 Å². The van der Waals surface area contributed by atoms with Crippen LogP contribution in [0.2, 0.25) is 0 Å². The number of nitrogens with zero attached hydrogens (tertiary/aromatic N) is 1. The number of halogens is 2. The van der Waals surface area contributed by atoms with E-state index in [-0.39, 0.29) is 10.5 Å². The molecule has 0 saturated carbocycles. The lowest BCUT2D eigenvalue weighted by atomic mass is 10.2. The largest absolute Gasteiger partial charge is 0.478 e. The molecule has 2 rings (SSSR count). The second-order valence-corrected chi connectivity index (χ2v) is 6.54. The number of pyridine rings is 1. The standard InChI is InChI=1S/C12H8BrFN2O4S/c13-8-4-9(6-15-5-8)21(19,20)16-11-3-7(12(17)18)1-2-10(11)14/h1-6,16H,(H,17,18). The minimum atomic E-state index is -4.08. The third-order valence-electron chi connectivity index (χ3n) is 2.45. The Morgan fingerprint density at radius 1 is 1.29 bits per heavy atom. The van der Waals surface area contributed by atoms with Gasteiger partial charge in [0.1, 0.15) is 10.7 Å². The lowest BCUT2D eigenvalue weighted by Gasteiger charge is -2.09. The van der Waals surface area contributed by atoms with Gasteiger partial charge >= 0.3 is 5.97 Å². The van der Waals surface area contributed by atoms with Crippen LogP contribution in [-0.4, -0.2) is 24.5 Å². The van der Waals surface area contributed by atoms with Gasteiger partial charge in [-0.3, -0.25) is 9.71 Å². The van der Waals surface area contributed by atoms with E-state index in [9.17, 15) is 17.6 Å². The zero-order valence-electron chi connectivity index (χ0n) is 10.2. The van der Waals surface area contributed by atoms with Gasteiger partial charge in [0, 0.05) is 16.9 Å². The van der Waals surface area contributed by atoms with Crippen molar-refractivity contribution in [2.24, 2.45) is 0 Å². The third-order valence-corrected chi connectivity index (χ3v) is 4.21. The number of anilines is 1. The van der Waals surface area contributed by atoms with Gasteiger partial charge in [-0.2, -0.15) is 0 Å². The summed E-state index contributed by atoms with van der Waals surface area (Å²) < 4.78 is 40.2. The highest BCUT2D eigenvalue weighted by atomic mass is 79.9. The molecule has 0 fully saturated rings. The second-order valence-electron chi connectivity index (χ2n) is 3.94. The molecule has 0 unspecified atom stereocenters. The molecule has 1 heterocycles. The van der Waals surface area contributed by atoms with Crippen LogP contribution in [0.25, 0.3) is 0 Å². The molecule has 0 aliphatic carbocycles. The Bertz CT molecular complexity index is 811. The molecule has 0 atom stereocenters. The summed E-state index contributed by atoms with van der Waals surface area (Å²) in [4.78, 5) is 14.4. The zero-order chi connectivity index (χ0) is 15.6. The fourth-order valence-corrected chi connectivity index (χ4v) is 3.04. The molecule has 21 heavy (non-hydrogen) atoms. The summed E-state index contributed by atoms with van der Waals surface area (Å²) in [6.07, 6.45) is 2.48. The van der Waals surface area contributed by atoms with Crippen molar-refractivity contribution in [3.05, 3.63) is 52.5 Å². The van der Waals surface area contributed by atoms with Crippen LogP contribution in [-0.2, 0) is 10.0 Å². The highest BCUT2D eigenvalue weighted by Crippen LogP contribution is 2.22. The van der Waals surface area contributed by atoms with E-state index in [1.165, 1.54) is 12.3 Å². The van der Waals surface area contributed by atoms with Crippen molar-refractivity contribution < 1.29 is 22.7 Å². The van der Waals surface area contributed by atoms with E-state index in [1.54, 1.807) is 0 Å². The summed E-state index contributed by atoms with van der Waals surface area (Å²) in [5.74, 6) is -2.17. The van der Waals surface area contributed by atoms with Crippen LogP contribution in [0.15, 0.2) is 46.0 Å². The van der Waals surface area contributed by atoms with Gasteiger partial charge in [0.2, 0.25) is 0 Å². The Labute approximate surface area is 127 Å². The molecule has 2 N–H and O–H groups in total. The van der Waals surface area contributed by atoms with Crippen LogP contribution in [0.1, 0.15) is 10.4 Å². The van der Waals surface area contributed by atoms with Gasteiger partial charge in [-0.15, -0.1) is 0 Å². The molecular formula is C12H8BrFN2O4S. The van der Waals surface area contributed by atoms with E-state index in [4.69, 9.17) is 5.11 Å². The Morgan fingerprint density at radius 3 is 2.62 bits per heavy atom. The molecule has 1 aromatic heterocycles. The highest BCUT2D eigenvalue weighted by molar-refractivity contribution is 9.10. The Hall–Kier alpha value is -2.00. The van der Waals surface area contributed by atoms with Gasteiger partial charge in [-0.1, -0.05) is 0 Å². The first-order valence-corrected chi connectivity index (χ1v) is 7.73. The second kappa shape index (κ2) is 5.78. The Morgan fingerprint density at radius 2 is 2.00 bits per heavy atom. The molecule has 0 amide bonds. The number of aromatic carboxylic acids is 1. The normalized spacial score (nSPS) is 11.1. The number of carboxylic acids is 1. The van der Waals surface area contributed by atoms with Crippen molar-refractivity contribution in [1.82, 2.24) is 4.98 Å². The fraction of sp³-hybridized carbons (Fsp3) is 0. The minimum Gasteiger partial charge on any atom is -0.478 e. The molecule has 6 nitrogen and oxygen atoms in total. The smallest absolute Gasteiger partial charge is 0.335 e. The SMILES string of the molecule is O=C(O)c1ccc(F)c(NS(=O)(=O)c2cncc(Br)c2)c1. The van der Waals surface area contributed by atoms with Gasteiger partial charge in [0.25, 0.3) is 10.0 Å². The first kappa shape index (κ1) is 15.4. The van der Waals surface area contributed by atoms with E-state index in [0.717, 1.165) is 24.4 Å². The lowest BCUT2D eigenvalue weighted by Crippen LogP contribution is -2.15. The number of aromatic nitrogens is 1. The average molecular weight is 375 g/mol. The number of sulfonamides is 1. The third kappa shape index (κ3) is 3.56. The number of hydrogen-bond donors (Lipinski definition) is 2. The van der Waals surface area contributed by atoms with Crippen LogP contribution in [0.3, 0.4) is 0 Å². The molecule has 0 aliphatic heterocycles. The van der Waals surface area contributed by atoms with Crippen molar-refractivity contribution in [3.8, 4) is 0 Å². The van der Waals surface area contributed by atoms with Gasteiger partial charge in [-0.05, 0) is 40.2 Å². The van der Waals surface area contributed by atoms with Crippen molar-refractivity contribution in [1.29, 1.82) is 0 Å². The monoisotopic (exact) mass is 374 g/mol. The molecule has 110 valence electrons. The summed E-state index contributed by atoms with van der Waals surface area (Å²) in [6, 6.07) is 4.10. The van der Waals surface area contributed by atoms with Gasteiger partial charge < -0.3 is 5.11 Å². The predicted octanol–water partition coefficient (Wildman–Crippen LogP) is 2.48. The summed E-state index contributed by atoms with van der Waals surface area (Å²) >= 11 is 3.08. The molecule has 2 aromatic rings. The zero-order valence-corrected chi connectivity index (χ0v) is 12.6. The summed E-state index contributed by atoms with van der Waals surface area (Å²) in [5.41, 5.74) is -0.684. The van der Waals surface area contributed by atoms with Crippen molar-refractivity contribution in [2.75, 3.05) is 4.72 Å². The summed E-state index contributed by atoms with van der Waals surface area (Å²) in [6.45, 7) is 0. The number of hydrogen-bond acceptors (Lipinski definition) is 4. The first-order valence-electron chi connectivity index (χ1n) is 5.46. The van der Waals surface area contributed by atoms with Gasteiger partial charge in [-0.25, -0.2) is 17.6 Å². The lowest BCUT2D eigenvalue weighted by molar-refractivity contribution is 0.0697. The number of carboxylic acid groups (broad SMARTS) is 1. The quantitative estimate of drug-likeness (QED) is 0.856. The van der Waals surface area contributed by atoms with E-state index in [1.807, 2.05) is 4.72 Å². The van der Waals surface area contributed by atoms with Crippen LogP contribution < -0.4 is 4.72 Å². The van der Waals surface area contributed by atoms with Crippen LogP contribution >= 0.6 is 15.9 Å². The predicted molar refractivity (Wildman–Crippen MR) is 76.1 cm³/mol. The topological polar surface area (TPSA) is 96.4 Å². The fourth-order valence-electron chi connectivity index (χ4n) is 1.48. The van der Waals surface area contributed by atoms with Gasteiger partial charge in [0.15, 0.2) is 0 Å². The maximum atomic E-state index is 13.6. The van der Waals surface area contributed by atoms with Crippen LogP contribution in [0.4, 0.5) is 10.1 Å². The molecule has 0 saturated heterocycles. The molecule has 0 spiro atoms. The van der Waals surface area contributed by atoms with Crippen molar-refractivity contribution in [2.45, 2.75) is 4.90 Å². The van der Waals surface area contributed by atoms with E-state index >= 15 is 0 Å². The highest BCUT2D eigenvalue weighted by Gasteiger charge is 2.18. The van der Waals surface area contributed by atoms with Gasteiger partial charge in [0.05, 0.1) is 11.3 Å². The number of carbonyl (C=O) groups is 1. The Kier molecular flexibility index (Phi) is 4.24. The first-order chi connectivity index (χ1) is 9.79. The Balaban J connectivity index is 2.41. The summed E-state index contributed by atoms with van der Waals surface area (Å²) in [7, 11) is -4.08. The maximum Gasteiger partial charge on any atom is 0.335 e. The molecule has 0 bridgehead atoms. The number of rotatable bonds is 4. The van der Waals surface area contributed by atoms with E-state index < -0.39 is 27.5 Å².